The molecule has 0 atom stereocenters. The molecule has 0 aliphatic carbocycles. The molecule has 0 aromatic heterocycles. The highest BCUT2D eigenvalue weighted by molar-refractivity contribution is 5.80. The molecule has 0 amide bonds. The van der Waals surface area contributed by atoms with E-state index >= 15 is 0 Å². The molecule has 0 bridgehead atoms. The summed E-state index contributed by atoms with van der Waals surface area (Å²) in [4.78, 5) is 0. The third-order valence-corrected chi connectivity index (χ3v) is 3.26. The SMILES string of the molecule is Cc1cc(C)c(O)c(-c2ccc(O)cc2O)c1C. The number of rotatable bonds is 1. The second kappa shape index (κ2) is 4.26. The van der Waals surface area contributed by atoms with E-state index in [1.54, 1.807) is 6.07 Å². The Hall–Kier alpha value is -2.16. The van der Waals surface area contributed by atoms with Crippen molar-refractivity contribution < 1.29 is 15.3 Å². The van der Waals surface area contributed by atoms with E-state index in [-0.39, 0.29) is 17.2 Å². The molecular formula is C15H16O3. The summed E-state index contributed by atoms with van der Waals surface area (Å²) in [6.07, 6.45) is 0. The van der Waals surface area contributed by atoms with Crippen LogP contribution in [-0.4, -0.2) is 15.3 Å². The zero-order valence-corrected chi connectivity index (χ0v) is 10.7. The van der Waals surface area contributed by atoms with Crippen molar-refractivity contribution in [3.63, 3.8) is 0 Å². The third-order valence-electron chi connectivity index (χ3n) is 3.26. The minimum absolute atomic E-state index is 0.00207. The monoisotopic (exact) mass is 244 g/mol. The Kier molecular flexibility index (Phi) is 2.91. The summed E-state index contributed by atoms with van der Waals surface area (Å²) < 4.78 is 0. The molecule has 3 N–H and O–H groups in total. The van der Waals surface area contributed by atoms with E-state index in [0.717, 1.165) is 16.7 Å². The lowest BCUT2D eigenvalue weighted by Crippen LogP contribution is -1.92. The van der Waals surface area contributed by atoms with E-state index in [4.69, 9.17) is 0 Å². The van der Waals surface area contributed by atoms with Gasteiger partial charge in [-0.3, -0.25) is 0 Å². The first-order chi connectivity index (χ1) is 8.41. The molecule has 18 heavy (non-hydrogen) atoms. The fourth-order valence-electron chi connectivity index (χ4n) is 2.13. The van der Waals surface area contributed by atoms with Gasteiger partial charge in [-0.15, -0.1) is 0 Å². The highest BCUT2D eigenvalue weighted by atomic mass is 16.3. The number of aryl methyl sites for hydroxylation is 2. The summed E-state index contributed by atoms with van der Waals surface area (Å²) in [7, 11) is 0. The molecule has 0 heterocycles. The average molecular weight is 244 g/mol. The Morgan fingerprint density at radius 2 is 1.50 bits per heavy atom. The van der Waals surface area contributed by atoms with Crippen molar-refractivity contribution in [3.8, 4) is 28.4 Å². The number of hydrogen-bond donors (Lipinski definition) is 3. The van der Waals surface area contributed by atoms with Crippen molar-refractivity contribution in [3.05, 3.63) is 41.0 Å². The van der Waals surface area contributed by atoms with Crippen molar-refractivity contribution >= 4 is 0 Å². The Morgan fingerprint density at radius 3 is 2.11 bits per heavy atom. The molecule has 0 aliphatic heterocycles. The van der Waals surface area contributed by atoms with Crippen LogP contribution in [0.4, 0.5) is 0 Å². The lowest BCUT2D eigenvalue weighted by atomic mass is 9.93. The van der Waals surface area contributed by atoms with Gasteiger partial charge in [-0.25, -0.2) is 0 Å². The maximum atomic E-state index is 10.2. The molecule has 0 saturated heterocycles. The Morgan fingerprint density at radius 1 is 0.833 bits per heavy atom. The van der Waals surface area contributed by atoms with Crippen LogP contribution >= 0.6 is 0 Å². The van der Waals surface area contributed by atoms with Crippen molar-refractivity contribution in [2.75, 3.05) is 0 Å². The second-order valence-corrected chi connectivity index (χ2v) is 4.56. The lowest BCUT2D eigenvalue weighted by molar-refractivity contribution is 0.450. The fourth-order valence-corrected chi connectivity index (χ4v) is 2.13. The van der Waals surface area contributed by atoms with E-state index in [1.807, 2.05) is 26.8 Å². The largest absolute Gasteiger partial charge is 0.508 e. The minimum Gasteiger partial charge on any atom is -0.508 e. The van der Waals surface area contributed by atoms with Crippen LogP contribution in [0.1, 0.15) is 16.7 Å². The molecule has 2 aromatic rings. The van der Waals surface area contributed by atoms with Crippen LogP contribution < -0.4 is 0 Å². The maximum Gasteiger partial charge on any atom is 0.127 e. The number of phenols is 3. The zero-order valence-electron chi connectivity index (χ0n) is 10.7. The maximum absolute atomic E-state index is 10.2. The predicted molar refractivity (Wildman–Crippen MR) is 71.1 cm³/mol. The number of phenolic OH excluding ortho intramolecular Hbond substituents is 3. The molecule has 2 aromatic carbocycles. The van der Waals surface area contributed by atoms with Gasteiger partial charge >= 0.3 is 0 Å². The fraction of sp³-hybridized carbons (Fsp3) is 0.200. The van der Waals surface area contributed by atoms with Crippen LogP contribution in [0.5, 0.6) is 17.2 Å². The molecule has 94 valence electrons. The van der Waals surface area contributed by atoms with Gasteiger partial charge in [0, 0.05) is 17.2 Å². The van der Waals surface area contributed by atoms with Gasteiger partial charge in [0.15, 0.2) is 0 Å². The van der Waals surface area contributed by atoms with Crippen LogP contribution in [0.3, 0.4) is 0 Å². The van der Waals surface area contributed by atoms with Crippen molar-refractivity contribution in [1.82, 2.24) is 0 Å². The Labute approximate surface area is 106 Å². The minimum atomic E-state index is -0.0431. The molecular weight excluding hydrogens is 228 g/mol. The van der Waals surface area contributed by atoms with Gasteiger partial charge < -0.3 is 15.3 Å². The van der Waals surface area contributed by atoms with E-state index in [0.29, 0.717) is 11.1 Å². The van der Waals surface area contributed by atoms with Crippen LogP contribution in [0, 0.1) is 20.8 Å². The molecule has 0 unspecified atom stereocenters. The van der Waals surface area contributed by atoms with Crippen LogP contribution in [0.2, 0.25) is 0 Å². The van der Waals surface area contributed by atoms with Crippen LogP contribution in [0.15, 0.2) is 24.3 Å². The topological polar surface area (TPSA) is 60.7 Å². The van der Waals surface area contributed by atoms with Gasteiger partial charge in [0.05, 0.1) is 0 Å². The van der Waals surface area contributed by atoms with Crippen molar-refractivity contribution in [2.45, 2.75) is 20.8 Å². The summed E-state index contributed by atoms with van der Waals surface area (Å²) in [5.41, 5.74) is 3.87. The van der Waals surface area contributed by atoms with E-state index in [2.05, 4.69) is 0 Å². The Balaban J connectivity index is 2.78. The van der Waals surface area contributed by atoms with Crippen LogP contribution in [-0.2, 0) is 0 Å². The van der Waals surface area contributed by atoms with E-state index < -0.39 is 0 Å². The standard InChI is InChI=1S/C15H16O3/c1-8-6-9(2)15(18)14(10(8)3)12-5-4-11(16)7-13(12)17/h4-7,16-18H,1-3H3. The summed E-state index contributed by atoms with van der Waals surface area (Å²) in [6.45, 7) is 5.68. The second-order valence-electron chi connectivity index (χ2n) is 4.56. The third kappa shape index (κ3) is 1.88. The summed E-state index contributed by atoms with van der Waals surface area (Å²) in [6, 6.07) is 6.27. The summed E-state index contributed by atoms with van der Waals surface area (Å²) >= 11 is 0. The van der Waals surface area contributed by atoms with Gasteiger partial charge in [0.25, 0.3) is 0 Å². The lowest BCUT2D eigenvalue weighted by Gasteiger charge is -2.15. The van der Waals surface area contributed by atoms with Crippen molar-refractivity contribution in [2.24, 2.45) is 0 Å². The van der Waals surface area contributed by atoms with Crippen molar-refractivity contribution in [1.29, 1.82) is 0 Å². The summed E-state index contributed by atoms with van der Waals surface area (Å²) in [5.74, 6) is 0.121. The number of hydrogen-bond acceptors (Lipinski definition) is 3. The highest BCUT2D eigenvalue weighted by Crippen LogP contribution is 2.41. The molecule has 0 spiro atoms. The molecule has 2 rings (SSSR count). The van der Waals surface area contributed by atoms with Crippen LogP contribution in [0.25, 0.3) is 11.1 Å². The number of benzene rings is 2. The molecule has 3 nitrogen and oxygen atoms in total. The Bertz CT molecular complexity index is 589. The molecule has 3 heteroatoms. The molecule has 0 aliphatic rings. The molecule has 0 radical (unpaired) electrons. The van der Waals surface area contributed by atoms with E-state index in [1.165, 1.54) is 12.1 Å². The van der Waals surface area contributed by atoms with Gasteiger partial charge in [0.1, 0.15) is 17.2 Å². The van der Waals surface area contributed by atoms with Gasteiger partial charge in [-0.05, 0) is 49.6 Å². The van der Waals surface area contributed by atoms with Gasteiger partial charge in [-0.1, -0.05) is 6.07 Å². The zero-order chi connectivity index (χ0) is 13.4. The highest BCUT2D eigenvalue weighted by Gasteiger charge is 2.16. The smallest absolute Gasteiger partial charge is 0.127 e. The van der Waals surface area contributed by atoms with Gasteiger partial charge in [0.2, 0.25) is 0 Å². The average Bonchev–Trinajstić information content (AvgIpc) is 2.29. The first kappa shape index (κ1) is 12.3. The molecule has 0 saturated carbocycles. The normalized spacial score (nSPS) is 10.6. The summed E-state index contributed by atoms with van der Waals surface area (Å²) in [5, 5.41) is 29.4. The molecule has 0 fully saturated rings. The predicted octanol–water partition coefficient (Wildman–Crippen LogP) is 3.40. The van der Waals surface area contributed by atoms with Gasteiger partial charge in [-0.2, -0.15) is 0 Å². The quantitative estimate of drug-likeness (QED) is 0.720. The van der Waals surface area contributed by atoms with E-state index in [9.17, 15) is 15.3 Å². The first-order valence-corrected chi connectivity index (χ1v) is 5.74. The first-order valence-electron chi connectivity index (χ1n) is 5.74. The number of aromatic hydroxyl groups is 3.